The highest BCUT2D eigenvalue weighted by molar-refractivity contribution is 6.02. The van der Waals surface area contributed by atoms with Crippen LogP contribution in [0.3, 0.4) is 0 Å². The minimum absolute atomic E-state index is 0.176. The van der Waals surface area contributed by atoms with E-state index in [0.717, 1.165) is 29.9 Å². The van der Waals surface area contributed by atoms with Gasteiger partial charge in [-0.1, -0.05) is 49.8 Å². The molecule has 1 amide bonds. The predicted molar refractivity (Wildman–Crippen MR) is 108 cm³/mol. The molecule has 134 valence electrons. The molecule has 1 aliphatic carbocycles. The summed E-state index contributed by atoms with van der Waals surface area (Å²) in [5.41, 5.74) is 7.36. The minimum Gasteiger partial charge on any atom is -0.355 e. The summed E-state index contributed by atoms with van der Waals surface area (Å²) >= 11 is 0. The van der Waals surface area contributed by atoms with Crippen LogP contribution in [-0.2, 0) is 0 Å². The summed E-state index contributed by atoms with van der Waals surface area (Å²) < 4.78 is 0. The minimum atomic E-state index is -0.217. The number of para-hydroxylation sites is 2. The number of carbonyl (C=O) groups is 1. The first-order valence-corrected chi connectivity index (χ1v) is 8.88. The molecule has 0 heterocycles. The first-order chi connectivity index (χ1) is 12.4. The van der Waals surface area contributed by atoms with E-state index < -0.39 is 0 Å². The Bertz CT molecular complexity index is 851. The highest BCUT2D eigenvalue weighted by atomic mass is 16.2. The second kappa shape index (κ2) is 7.56. The largest absolute Gasteiger partial charge is 0.355 e. The van der Waals surface area contributed by atoms with Crippen LogP contribution in [0.25, 0.3) is 0 Å². The van der Waals surface area contributed by atoms with Crippen LogP contribution in [0.15, 0.2) is 71.3 Å². The number of hydrogen-bond donors (Lipinski definition) is 2. The lowest BCUT2D eigenvalue weighted by atomic mass is 9.77. The van der Waals surface area contributed by atoms with E-state index in [1.54, 1.807) is 6.07 Å². The van der Waals surface area contributed by atoms with Gasteiger partial charge < -0.3 is 5.32 Å². The summed E-state index contributed by atoms with van der Waals surface area (Å²) in [5.74, 6) is -0.217. The van der Waals surface area contributed by atoms with Gasteiger partial charge in [0.15, 0.2) is 0 Å². The Balaban J connectivity index is 1.76. The zero-order chi connectivity index (χ0) is 18.6. The van der Waals surface area contributed by atoms with Crippen molar-refractivity contribution in [3.8, 4) is 0 Å². The number of anilines is 2. The van der Waals surface area contributed by atoms with Crippen LogP contribution in [0.2, 0.25) is 0 Å². The molecular formula is C22H25N3O. The molecule has 4 heteroatoms. The standard InChI is InChI=1S/C22H25N3O/c1-16-13-18(15-22(2,3)14-16)24-25-21(26)19-11-7-8-12-20(19)23-17-9-5-4-6-10-17/h4-13,23H,14-15H2,1-3H3,(H,25,26)/b24-18-. The van der Waals surface area contributed by atoms with Crippen molar-refractivity contribution in [2.24, 2.45) is 10.5 Å². The third-order valence-electron chi connectivity index (χ3n) is 4.36. The fourth-order valence-corrected chi connectivity index (χ4v) is 3.42. The average molecular weight is 347 g/mol. The van der Waals surface area contributed by atoms with E-state index in [1.807, 2.05) is 48.5 Å². The van der Waals surface area contributed by atoms with Crippen molar-refractivity contribution in [2.45, 2.75) is 33.6 Å². The summed E-state index contributed by atoms with van der Waals surface area (Å²) in [6.07, 6.45) is 3.98. The quantitative estimate of drug-likeness (QED) is 0.739. The topological polar surface area (TPSA) is 53.5 Å². The molecule has 2 aromatic carbocycles. The van der Waals surface area contributed by atoms with Crippen LogP contribution in [0.4, 0.5) is 11.4 Å². The van der Waals surface area contributed by atoms with Gasteiger partial charge in [0.05, 0.1) is 17.0 Å². The van der Waals surface area contributed by atoms with Crippen LogP contribution in [-0.4, -0.2) is 11.6 Å². The molecule has 0 saturated heterocycles. The number of hydrogen-bond acceptors (Lipinski definition) is 3. The summed E-state index contributed by atoms with van der Waals surface area (Å²) in [7, 11) is 0. The summed E-state index contributed by atoms with van der Waals surface area (Å²) in [5, 5.41) is 7.66. The molecule has 0 aromatic heterocycles. The van der Waals surface area contributed by atoms with Gasteiger partial charge in [-0.3, -0.25) is 4.79 Å². The van der Waals surface area contributed by atoms with Gasteiger partial charge in [0, 0.05) is 5.69 Å². The molecule has 0 atom stereocenters. The SMILES string of the molecule is CC1=C/C(=N/NC(=O)c2ccccc2Nc2ccccc2)CC(C)(C)C1. The van der Waals surface area contributed by atoms with Crippen molar-refractivity contribution in [1.29, 1.82) is 0 Å². The molecular weight excluding hydrogens is 322 g/mol. The molecule has 0 aliphatic heterocycles. The molecule has 2 aromatic rings. The van der Waals surface area contributed by atoms with E-state index in [4.69, 9.17) is 0 Å². The Morgan fingerprint density at radius 2 is 1.69 bits per heavy atom. The number of amides is 1. The van der Waals surface area contributed by atoms with Crippen LogP contribution in [0, 0.1) is 5.41 Å². The van der Waals surface area contributed by atoms with Gasteiger partial charge >= 0.3 is 0 Å². The van der Waals surface area contributed by atoms with Crippen molar-refractivity contribution in [3.05, 3.63) is 71.8 Å². The molecule has 26 heavy (non-hydrogen) atoms. The number of hydrazone groups is 1. The smallest absolute Gasteiger partial charge is 0.273 e. The fraction of sp³-hybridized carbons (Fsp3) is 0.273. The van der Waals surface area contributed by atoms with Crippen LogP contribution >= 0.6 is 0 Å². The average Bonchev–Trinajstić information content (AvgIpc) is 2.59. The fourth-order valence-electron chi connectivity index (χ4n) is 3.42. The summed E-state index contributed by atoms with van der Waals surface area (Å²) in [6, 6.07) is 17.2. The molecule has 0 unspecified atom stereocenters. The van der Waals surface area contributed by atoms with Gasteiger partial charge in [-0.25, -0.2) is 5.43 Å². The van der Waals surface area contributed by atoms with Gasteiger partial charge in [0.2, 0.25) is 0 Å². The van der Waals surface area contributed by atoms with Gasteiger partial charge in [0.25, 0.3) is 5.91 Å². The molecule has 0 bridgehead atoms. The number of rotatable bonds is 4. The van der Waals surface area contributed by atoms with Crippen molar-refractivity contribution >= 4 is 23.0 Å². The van der Waals surface area contributed by atoms with E-state index in [9.17, 15) is 4.79 Å². The predicted octanol–water partition coefficient (Wildman–Crippen LogP) is 5.28. The number of nitrogens with one attached hydrogen (secondary N) is 2. The molecule has 4 nitrogen and oxygen atoms in total. The third-order valence-corrected chi connectivity index (χ3v) is 4.36. The van der Waals surface area contributed by atoms with E-state index in [-0.39, 0.29) is 11.3 Å². The molecule has 0 saturated carbocycles. The molecule has 2 N–H and O–H groups in total. The first-order valence-electron chi connectivity index (χ1n) is 8.88. The first kappa shape index (κ1) is 17.9. The van der Waals surface area contributed by atoms with Crippen LogP contribution in [0.1, 0.15) is 44.0 Å². The van der Waals surface area contributed by atoms with Crippen LogP contribution in [0.5, 0.6) is 0 Å². The van der Waals surface area contributed by atoms with Gasteiger partial charge in [-0.15, -0.1) is 0 Å². The maximum Gasteiger partial charge on any atom is 0.273 e. The summed E-state index contributed by atoms with van der Waals surface area (Å²) in [6.45, 7) is 6.55. The molecule has 0 radical (unpaired) electrons. The highest BCUT2D eigenvalue weighted by Gasteiger charge is 2.24. The lowest BCUT2D eigenvalue weighted by Gasteiger charge is -2.29. The van der Waals surface area contributed by atoms with Crippen LogP contribution < -0.4 is 10.7 Å². The Morgan fingerprint density at radius 1 is 1.00 bits per heavy atom. The lowest BCUT2D eigenvalue weighted by Crippen LogP contribution is -2.25. The van der Waals surface area contributed by atoms with Crippen molar-refractivity contribution in [2.75, 3.05) is 5.32 Å². The molecule has 3 rings (SSSR count). The van der Waals surface area contributed by atoms with Crippen molar-refractivity contribution in [3.63, 3.8) is 0 Å². The van der Waals surface area contributed by atoms with Gasteiger partial charge in [-0.2, -0.15) is 5.10 Å². The Morgan fingerprint density at radius 3 is 2.42 bits per heavy atom. The third kappa shape index (κ3) is 4.60. The van der Waals surface area contributed by atoms with E-state index >= 15 is 0 Å². The Kier molecular flexibility index (Phi) is 5.21. The number of allylic oxidation sites excluding steroid dienone is 2. The maximum atomic E-state index is 12.7. The number of nitrogens with zero attached hydrogens (tertiary/aromatic N) is 1. The molecule has 0 spiro atoms. The normalized spacial score (nSPS) is 17.5. The number of carbonyl (C=O) groups excluding carboxylic acids is 1. The second-order valence-electron chi connectivity index (χ2n) is 7.59. The van der Waals surface area contributed by atoms with Gasteiger partial charge in [0.1, 0.15) is 0 Å². The van der Waals surface area contributed by atoms with Gasteiger partial charge in [-0.05, 0) is 55.5 Å². The summed E-state index contributed by atoms with van der Waals surface area (Å²) in [4.78, 5) is 12.7. The Hall–Kier alpha value is -2.88. The van der Waals surface area contributed by atoms with Crippen molar-refractivity contribution < 1.29 is 4.79 Å². The number of benzene rings is 2. The lowest BCUT2D eigenvalue weighted by molar-refractivity contribution is 0.0955. The maximum absolute atomic E-state index is 12.7. The van der Waals surface area contributed by atoms with E-state index in [0.29, 0.717) is 5.56 Å². The highest BCUT2D eigenvalue weighted by Crippen LogP contribution is 2.33. The van der Waals surface area contributed by atoms with Crippen molar-refractivity contribution in [1.82, 2.24) is 5.43 Å². The molecule has 1 aliphatic rings. The zero-order valence-corrected chi connectivity index (χ0v) is 15.5. The Labute approximate surface area is 155 Å². The van der Waals surface area contributed by atoms with E-state index in [1.165, 1.54) is 5.57 Å². The molecule has 0 fully saturated rings. The second-order valence-corrected chi connectivity index (χ2v) is 7.59. The zero-order valence-electron chi connectivity index (χ0n) is 15.5. The monoisotopic (exact) mass is 347 g/mol. The van der Waals surface area contributed by atoms with E-state index in [2.05, 4.69) is 42.7 Å².